The van der Waals surface area contributed by atoms with Gasteiger partial charge < -0.3 is 10.2 Å². The van der Waals surface area contributed by atoms with Crippen LogP contribution in [-0.4, -0.2) is 36.1 Å². The van der Waals surface area contributed by atoms with Crippen molar-refractivity contribution < 1.29 is 0 Å². The van der Waals surface area contributed by atoms with Crippen molar-refractivity contribution >= 4 is 17.4 Å². The largest absolute Gasteiger partial charge is 0.369 e. The molecule has 1 aliphatic carbocycles. The topological polar surface area (TPSA) is 28.2 Å². The van der Waals surface area contributed by atoms with E-state index in [2.05, 4.69) is 41.5 Å². The minimum atomic E-state index is 0.582. The maximum atomic E-state index is 4.31. The summed E-state index contributed by atoms with van der Waals surface area (Å²) in [7, 11) is 2.20. The first kappa shape index (κ1) is 14.7. The van der Waals surface area contributed by atoms with Crippen LogP contribution in [0.2, 0.25) is 0 Å². The molecular formula is C15H25N3S. The average Bonchev–Trinajstić information content (AvgIpc) is 3.26. The van der Waals surface area contributed by atoms with Crippen LogP contribution in [0.25, 0.3) is 0 Å². The molecule has 4 heteroatoms. The van der Waals surface area contributed by atoms with Crippen molar-refractivity contribution in [1.29, 1.82) is 0 Å². The van der Waals surface area contributed by atoms with Crippen LogP contribution in [0.3, 0.4) is 0 Å². The molecule has 1 heterocycles. The van der Waals surface area contributed by atoms with Gasteiger partial charge in [-0.3, -0.25) is 4.98 Å². The van der Waals surface area contributed by atoms with E-state index in [-0.39, 0.29) is 0 Å². The highest BCUT2D eigenvalue weighted by Gasteiger charge is 2.21. The predicted molar refractivity (Wildman–Crippen MR) is 85.0 cm³/mol. The van der Waals surface area contributed by atoms with Gasteiger partial charge in [-0.25, -0.2) is 0 Å². The molecule has 0 aliphatic heterocycles. The number of anilines is 1. The lowest BCUT2D eigenvalue weighted by atomic mass is 10.1. The van der Waals surface area contributed by atoms with E-state index >= 15 is 0 Å². The van der Waals surface area contributed by atoms with Crippen molar-refractivity contribution in [2.75, 3.05) is 24.0 Å². The van der Waals surface area contributed by atoms with Gasteiger partial charge in [-0.2, -0.15) is 11.8 Å². The smallest absolute Gasteiger partial charge is 0.0598 e. The molecule has 0 amide bonds. The lowest BCUT2D eigenvalue weighted by Gasteiger charge is -2.30. The van der Waals surface area contributed by atoms with E-state index in [0.717, 1.165) is 18.3 Å². The standard InChI is InChI=1S/C15H25N3S/c1-4-14(11-19-3)18(2)15-10-16-8-7-12(15)9-17-13-5-6-13/h7-8,10,13-14,17H,4-6,9,11H2,1-3H3. The Morgan fingerprint density at radius 3 is 2.95 bits per heavy atom. The van der Waals surface area contributed by atoms with E-state index in [1.807, 2.05) is 24.2 Å². The molecule has 1 aromatic rings. The van der Waals surface area contributed by atoms with Crippen LogP contribution in [0.1, 0.15) is 31.7 Å². The molecule has 1 fully saturated rings. The number of thioether (sulfide) groups is 1. The van der Waals surface area contributed by atoms with Crippen molar-refractivity contribution in [1.82, 2.24) is 10.3 Å². The number of nitrogens with one attached hydrogen (secondary N) is 1. The summed E-state index contributed by atoms with van der Waals surface area (Å²) in [6.07, 6.45) is 9.92. The van der Waals surface area contributed by atoms with Gasteiger partial charge in [0.05, 0.1) is 11.9 Å². The van der Waals surface area contributed by atoms with Gasteiger partial charge in [-0.15, -0.1) is 0 Å². The van der Waals surface area contributed by atoms with Crippen molar-refractivity contribution in [3.63, 3.8) is 0 Å². The van der Waals surface area contributed by atoms with Crippen LogP contribution < -0.4 is 10.2 Å². The Balaban J connectivity index is 2.07. The van der Waals surface area contributed by atoms with Crippen LogP contribution in [0.15, 0.2) is 18.5 Å². The fraction of sp³-hybridized carbons (Fsp3) is 0.667. The second-order valence-corrected chi connectivity index (χ2v) is 6.20. The monoisotopic (exact) mass is 279 g/mol. The molecule has 0 spiro atoms. The fourth-order valence-corrected chi connectivity index (χ4v) is 3.16. The maximum absolute atomic E-state index is 4.31. The van der Waals surface area contributed by atoms with Gasteiger partial charge in [-0.1, -0.05) is 6.92 Å². The molecule has 2 rings (SSSR count). The highest BCUT2D eigenvalue weighted by atomic mass is 32.2. The Labute approximate surface area is 121 Å². The van der Waals surface area contributed by atoms with Crippen LogP contribution >= 0.6 is 11.8 Å². The number of rotatable bonds is 8. The SMILES string of the molecule is CCC(CSC)N(C)c1cnccc1CNC1CC1. The highest BCUT2D eigenvalue weighted by molar-refractivity contribution is 7.98. The third-order valence-corrected chi connectivity index (χ3v) is 4.52. The van der Waals surface area contributed by atoms with Gasteiger partial charge in [0.15, 0.2) is 0 Å². The van der Waals surface area contributed by atoms with Gasteiger partial charge in [0.25, 0.3) is 0 Å². The highest BCUT2D eigenvalue weighted by Crippen LogP contribution is 2.24. The molecule has 3 nitrogen and oxygen atoms in total. The van der Waals surface area contributed by atoms with Crippen LogP contribution in [0, 0.1) is 0 Å². The summed E-state index contributed by atoms with van der Waals surface area (Å²) in [4.78, 5) is 6.71. The van der Waals surface area contributed by atoms with E-state index in [4.69, 9.17) is 0 Å². The third-order valence-electron chi connectivity index (χ3n) is 3.80. The molecule has 106 valence electrons. The molecule has 0 bridgehead atoms. The minimum Gasteiger partial charge on any atom is -0.369 e. The van der Waals surface area contributed by atoms with Gasteiger partial charge in [0.2, 0.25) is 0 Å². The first-order valence-electron chi connectivity index (χ1n) is 7.14. The van der Waals surface area contributed by atoms with Crippen molar-refractivity contribution in [2.24, 2.45) is 0 Å². The Bertz CT molecular complexity index is 393. The second-order valence-electron chi connectivity index (χ2n) is 5.29. The van der Waals surface area contributed by atoms with E-state index in [1.165, 1.54) is 30.5 Å². The second kappa shape index (κ2) is 7.15. The molecule has 0 aromatic carbocycles. The molecule has 1 unspecified atom stereocenters. The summed E-state index contributed by atoms with van der Waals surface area (Å²) in [6.45, 7) is 3.22. The van der Waals surface area contributed by atoms with Crippen LogP contribution in [-0.2, 0) is 6.54 Å². The van der Waals surface area contributed by atoms with Crippen LogP contribution in [0.5, 0.6) is 0 Å². The van der Waals surface area contributed by atoms with Crippen molar-refractivity contribution in [3.05, 3.63) is 24.0 Å². The molecule has 1 atom stereocenters. The molecule has 1 aromatic heterocycles. The molecule has 0 radical (unpaired) electrons. The zero-order valence-electron chi connectivity index (χ0n) is 12.2. The van der Waals surface area contributed by atoms with E-state index in [9.17, 15) is 0 Å². The van der Waals surface area contributed by atoms with E-state index in [0.29, 0.717) is 6.04 Å². The number of nitrogens with zero attached hydrogens (tertiary/aromatic N) is 2. The molecule has 1 aliphatic rings. The molecular weight excluding hydrogens is 254 g/mol. The third kappa shape index (κ3) is 4.11. The zero-order valence-corrected chi connectivity index (χ0v) is 13.0. The Morgan fingerprint density at radius 2 is 2.32 bits per heavy atom. The Kier molecular flexibility index (Phi) is 5.52. The number of pyridine rings is 1. The number of aromatic nitrogens is 1. The summed E-state index contributed by atoms with van der Waals surface area (Å²) < 4.78 is 0. The molecule has 1 N–H and O–H groups in total. The normalized spacial score (nSPS) is 16.4. The van der Waals surface area contributed by atoms with Crippen LogP contribution in [0.4, 0.5) is 5.69 Å². The molecule has 0 saturated heterocycles. The fourth-order valence-electron chi connectivity index (χ4n) is 2.32. The maximum Gasteiger partial charge on any atom is 0.0598 e. The number of hydrogen-bond acceptors (Lipinski definition) is 4. The minimum absolute atomic E-state index is 0.582. The quantitative estimate of drug-likeness (QED) is 0.792. The van der Waals surface area contributed by atoms with Crippen molar-refractivity contribution in [3.8, 4) is 0 Å². The summed E-state index contributed by atoms with van der Waals surface area (Å²) in [5, 5.41) is 3.60. The summed E-state index contributed by atoms with van der Waals surface area (Å²) in [5.74, 6) is 1.16. The molecule has 1 saturated carbocycles. The first-order valence-corrected chi connectivity index (χ1v) is 8.53. The van der Waals surface area contributed by atoms with Crippen molar-refractivity contribution in [2.45, 2.75) is 44.8 Å². The van der Waals surface area contributed by atoms with Gasteiger partial charge in [0, 0.05) is 37.6 Å². The Morgan fingerprint density at radius 1 is 1.53 bits per heavy atom. The van der Waals surface area contributed by atoms with E-state index in [1.54, 1.807) is 0 Å². The van der Waals surface area contributed by atoms with Gasteiger partial charge in [0.1, 0.15) is 0 Å². The summed E-state index contributed by atoms with van der Waals surface area (Å²) in [6, 6.07) is 3.48. The predicted octanol–water partition coefficient (Wildman–Crippen LogP) is 2.91. The Hall–Kier alpha value is -0.740. The lowest BCUT2D eigenvalue weighted by molar-refractivity contribution is 0.654. The first-order chi connectivity index (χ1) is 9.26. The van der Waals surface area contributed by atoms with E-state index < -0.39 is 0 Å². The summed E-state index contributed by atoms with van der Waals surface area (Å²) >= 11 is 1.91. The zero-order chi connectivity index (χ0) is 13.7. The lowest BCUT2D eigenvalue weighted by Crippen LogP contribution is -2.34. The van der Waals surface area contributed by atoms with Gasteiger partial charge in [-0.05, 0) is 37.1 Å². The van der Waals surface area contributed by atoms with Gasteiger partial charge >= 0.3 is 0 Å². The molecule has 19 heavy (non-hydrogen) atoms. The number of hydrogen-bond donors (Lipinski definition) is 1. The average molecular weight is 279 g/mol. The summed E-state index contributed by atoms with van der Waals surface area (Å²) in [5.41, 5.74) is 2.64.